The van der Waals surface area contributed by atoms with E-state index in [1.807, 2.05) is 0 Å². The zero-order valence-electron chi connectivity index (χ0n) is 11.6. The molecule has 0 saturated heterocycles. The summed E-state index contributed by atoms with van der Waals surface area (Å²) in [5.41, 5.74) is 2.35. The molecule has 0 aliphatic heterocycles. The van der Waals surface area contributed by atoms with Crippen molar-refractivity contribution in [2.75, 3.05) is 10.7 Å². The van der Waals surface area contributed by atoms with Crippen LogP contribution >= 0.6 is 0 Å². The summed E-state index contributed by atoms with van der Waals surface area (Å²) < 4.78 is 0. The SMILES string of the molecule is CC1CCCCCC1Nc1cc([N+](=O)[O-])cc(NN)n1. The molecule has 1 aliphatic carbocycles. The highest BCUT2D eigenvalue weighted by Gasteiger charge is 2.21. The molecule has 7 nitrogen and oxygen atoms in total. The number of anilines is 2. The Kier molecular flexibility index (Phi) is 4.73. The molecule has 2 unspecified atom stereocenters. The molecule has 1 aromatic heterocycles. The van der Waals surface area contributed by atoms with Crippen LogP contribution in [0.1, 0.15) is 39.0 Å². The van der Waals surface area contributed by atoms with Crippen LogP contribution < -0.4 is 16.6 Å². The number of nitrogens with zero attached hydrogens (tertiary/aromatic N) is 2. The molecule has 20 heavy (non-hydrogen) atoms. The van der Waals surface area contributed by atoms with Gasteiger partial charge in [0.1, 0.15) is 11.6 Å². The van der Waals surface area contributed by atoms with Gasteiger partial charge in [0.05, 0.1) is 17.1 Å². The molecule has 1 aliphatic rings. The third-order valence-electron chi connectivity index (χ3n) is 3.86. The predicted molar refractivity (Wildman–Crippen MR) is 78.4 cm³/mol. The van der Waals surface area contributed by atoms with Crippen LogP contribution in [0.3, 0.4) is 0 Å². The highest BCUT2D eigenvalue weighted by molar-refractivity contribution is 5.54. The lowest BCUT2D eigenvalue weighted by molar-refractivity contribution is -0.384. The summed E-state index contributed by atoms with van der Waals surface area (Å²) in [5.74, 6) is 6.65. The first-order valence-corrected chi connectivity index (χ1v) is 7.00. The van der Waals surface area contributed by atoms with Gasteiger partial charge in [-0.25, -0.2) is 10.8 Å². The lowest BCUT2D eigenvalue weighted by Crippen LogP contribution is -2.27. The molecule has 0 radical (unpaired) electrons. The zero-order chi connectivity index (χ0) is 14.5. The fourth-order valence-electron chi connectivity index (χ4n) is 2.67. The molecular formula is C13H21N5O2. The van der Waals surface area contributed by atoms with Gasteiger partial charge in [0.2, 0.25) is 0 Å². The first kappa shape index (κ1) is 14.5. The lowest BCUT2D eigenvalue weighted by atomic mass is 9.97. The summed E-state index contributed by atoms with van der Waals surface area (Å²) in [6.45, 7) is 2.21. The average molecular weight is 279 g/mol. The van der Waals surface area contributed by atoms with Crippen molar-refractivity contribution in [3.05, 3.63) is 22.2 Å². The van der Waals surface area contributed by atoms with E-state index < -0.39 is 4.92 Å². The number of hydrogen-bond acceptors (Lipinski definition) is 6. The Balaban J connectivity index is 2.18. The largest absolute Gasteiger partial charge is 0.367 e. The number of nitro groups is 1. The summed E-state index contributed by atoms with van der Waals surface area (Å²) in [6, 6.07) is 3.08. The Morgan fingerprint density at radius 2 is 2.00 bits per heavy atom. The Morgan fingerprint density at radius 1 is 1.30 bits per heavy atom. The molecule has 0 amide bonds. The van der Waals surface area contributed by atoms with E-state index in [0.717, 1.165) is 6.42 Å². The minimum absolute atomic E-state index is 0.0169. The predicted octanol–water partition coefficient (Wildman–Crippen LogP) is 2.66. The maximum Gasteiger partial charge on any atom is 0.276 e. The summed E-state index contributed by atoms with van der Waals surface area (Å²) in [5, 5.41) is 14.2. The molecule has 0 aromatic carbocycles. The van der Waals surface area contributed by atoms with Crippen molar-refractivity contribution in [2.45, 2.75) is 45.1 Å². The summed E-state index contributed by atoms with van der Waals surface area (Å²) in [4.78, 5) is 14.7. The molecule has 2 atom stereocenters. The van der Waals surface area contributed by atoms with E-state index in [4.69, 9.17) is 5.84 Å². The summed E-state index contributed by atoms with van der Waals surface area (Å²) in [6.07, 6.45) is 5.92. The van der Waals surface area contributed by atoms with E-state index in [9.17, 15) is 10.1 Å². The maximum absolute atomic E-state index is 10.9. The zero-order valence-corrected chi connectivity index (χ0v) is 11.6. The van der Waals surface area contributed by atoms with Crippen LogP contribution in [0.2, 0.25) is 0 Å². The number of pyridine rings is 1. The Morgan fingerprint density at radius 3 is 2.70 bits per heavy atom. The topological polar surface area (TPSA) is 106 Å². The Hall–Kier alpha value is -1.89. The van der Waals surface area contributed by atoms with Gasteiger partial charge in [-0.3, -0.25) is 10.1 Å². The van der Waals surface area contributed by atoms with E-state index in [-0.39, 0.29) is 5.69 Å². The van der Waals surface area contributed by atoms with Gasteiger partial charge in [0, 0.05) is 6.04 Å². The van der Waals surface area contributed by atoms with Crippen molar-refractivity contribution < 1.29 is 4.92 Å². The van der Waals surface area contributed by atoms with Crippen molar-refractivity contribution >= 4 is 17.3 Å². The number of aromatic nitrogens is 1. The number of nitrogens with two attached hydrogens (primary N) is 1. The van der Waals surface area contributed by atoms with Gasteiger partial charge in [-0.1, -0.05) is 26.2 Å². The van der Waals surface area contributed by atoms with Crippen molar-refractivity contribution in [3.63, 3.8) is 0 Å². The standard InChI is InChI=1S/C13H21N5O2/c1-9-5-3-2-4-6-11(9)15-12-7-10(18(19)20)8-13(16-12)17-14/h7-9,11H,2-6,14H2,1H3,(H2,15,16,17). The van der Waals surface area contributed by atoms with Gasteiger partial charge >= 0.3 is 0 Å². The third-order valence-corrected chi connectivity index (χ3v) is 3.86. The van der Waals surface area contributed by atoms with E-state index in [1.165, 1.54) is 37.8 Å². The van der Waals surface area contributed by atoms with Gasteiger partial charge in [-0.15, -0.1) is 0 Å². The van der Waals surface area contributed by atoms with Crippen molar-refractivity contribution in [1.29, 1.82) is 0 Å². The monoisotopic (exact) mass is 279 g/mol. The van der Waals surface area contributed by atoms with Gasteiger partial charge in [0.15, 0.2) is 0 Å². The van der Waals surface area contributed by atoms with Crippen LogP contribution in [0.25, 0.3) is 0 Å². The summed E-state index contributed by atoms with van der Waals surface area (Å²) >= 11 is 0. The van der Waals surface area contributed by atoms with Crippen LogP contribution in [-0.4, -0.2) is 15.9 Å². The van der Waals surface area contributed by atoms with Crippen molar-refractivity contribution in [3.8, 4) is 0 Å². The van der Waals surface area contributed by atoms with E-state index in [0.29, 0.717) is 23.6 Å². The van der Waals surface area contributed by atoms with Crippen LogP contribution in [0.15, 0.2) is 12.1 Å². The van der Waals surface area contributed by atoms with E-state index in [1.54, 1.807) is 0 Å². The van der Waals surface area contributed by atoms with Crippen LogP contribution in [0.4, 0.5) is 17.3 Å². The number of rotatable bonds is 4. The van der Waals surface area contributed by atoms with Gasteiger partial charge in [0.25, 0.3) is 5.69 Å². The third kappa shape index (κ3) is 3.57. The van der Waals surface area contributed by atoms with E-state index in [2.05, 4.69) is 22.7 Å². The molecule has 0 bridgehead atoms. The average Bonchev–Trinajstić information content (AvgIpc) is 2.64. The smallest absolute Gasteiger partial charge is 0.276 e. The van der Waals surface area contributed by atoms with Crippen molar-refractivity contribution in [2.24, 2.45) is 11.8 Å². The molecule has 0 spiro atoms. The van der Waals surface area contributed by atoms with Crippen LogP contribution in [-0.2, 0) is 0 Å². The van der Waals surface area contributed by atoms with Gasteiger partial charge in [-0.05, 0) is 18.8 Å². The first-order chi connectivity index (χ1) is 9.60. The fourth-order valence-corrected chi connectivity index (χ4v) is 2.67. The lowest BCUT2D eigenvalue weighted by Gasteiger charge is -2.23. The molecule has 1 saturated carbocycles. The Labute approximate surface area is 118 Å². The number of hydrazine groups is 1. The molecular weight excluding hydrogens is 258 g/mol. The van der Waals surface area contributed by atoms with Crippen LogP contribution in [0, 0.1) is 16.0 Å². The molecule has 4 N–H and O–H groups in total. The molecule has 7 heteroatoms. The van der Waals surface area contributed by atoms with Gasteiger partial charge < -0.3 is 10.7 Å². The quantitative estimate of drug-likeness (QED) is 0.338. The Bertz CT molecular complexity index is 480. The second kappa shape index (κ2) is 6.51. The summed E-state index contributed by atoms with van der Waals surface area (Å²) in [7, 11) is 0. The fraction of sp³-hybridized carbons (Fsp3) is 0.615. The van der Waals surface area contributed by atoms with E-state index >= 15 is 0 Å². The molecule has 1 fully saturated rings. The van der Waals surface area contributed by atoms with Crippen molar-refractivity contribution in [1.82, 2.24) is 4.98 Å². The highest BCUT2D eigenvalue weighted by atomic mass is 16.6. The second-order valence-corrected chi connectivity index (χ2v) is 5.36. The molecule has 1 heterocycles. The van der Waals surface area contributed by atoms with Gasteiger partial charge in [-0.2, -0.15) is 0 Å². The molecule has 1 aromatic rings. The number of nitrogens with one attached hydrogen (secondary N) is 2. The molecule has 110 valence electrons. The second-order valence-electron chi connectivity index (χ2n) is 5.36. The minimum Gasteiger partial charge on any atom is -0.367 e. The maximum atomic E-state index is 10.9. The van der Waals surface area contributed by atoms with Crippen LogP contribution in [0.5, 0.6) is 0 Å². The normalized spacial score (nSPS) is 22.9. The number of nitrogen functional groups attached to an aromatic ring is 1. The minimum atomic E-state index is -0.440. The first-order valence-electron chi connectivity index (χ1n) is 7.00. The number of hydrogen-bond donors (Lipinski definition) is 3. The molecule has 2 rings (SSSR count). The highest BCUT2D eigenvalue weighted by Crippen LogP contribution is 2.27.